The van der Waals surface area contributed by atoms with Gasteiger partial charge in [-0.2, -0.15) is 4.98 Å². The molecule has 1 saturated heterocycles. The van der Waals surface area contributed by atoms with E-state index in [0.717, 1.165) is 0 Å². The molecule has 0 spiro atoms. The van der Waals surface area contributed by atoms with Gasteiger partial charge in [-0.1, -0.05) is 0 Å². The predicted octanol–water partition coefficient (Wildman–Crippen LogP) is -1.34. The first-order chi connectivity index (χ1) is 8.58. The number of hydrogen-bond donors (Lipinski definition) is 4. The Morgan fingerprint density at radius 1 is 1.50 bits per heavy atom. The van der Waals surface area contributed by atoms with Crippen molar-refractivity contribution >= 4 is 18.2 Å². The van der Waals surface area contributed by atoms with Crippen molar-refractivity contribution in [3.63, 3.8) is 0 Å². The molecule has 0 bridgehead atoms. The fraction of sp³-hybridized carbons (Fsp3) is 0.667. The molecule has 2 heterocycles. The van der Waals surface area contributed by atoms with Crippen molar-refractivity contribution in [2.75, 3.05) is 19.0 Å². The van der Waals surface area contributed by atoms with Crippen LogP contribution in [0.2, 0.25) is 0 Å². The first-order valence-corrected chi connectivity index (χ1v) is 5.74. The average Bonchev–Trinajstić information content (AvgIpc) is 2.66. The van der Waals surface area contributed by atoms with Gasteiger partial charge in [-0.15, -0.1) is 0 Å². The second kappa shape index (κ2) is 5.24. The molecule has 1 aliphatic heterocycles. The van der Waals surface area contributed by atoms with Crippen molar-refractivity contribution in [3.8, 4) is 0 Å². The molecule has 4 atom stereocenters. The molecular weight excluding hydrogens is 260 g/mol. The lowest BCUT2D eigenvalue weighted by molar-refractivity contribution is -0.0545. The van der Waals surface area contributed by atoms with Gasteiger partial charge < -0.3 is 25.4 Å². The largest absolute Gasteiger partial charge is 0.394 e. The van der Waals surface area contributed by atoms with Crippen molar-refractivity contribution in [2.24, 2.45) is 0 Å². The van der Waals surface area contributed by atoms with Crippen LogP contribution in [0, 0.1) is 4.77 Å². The molecule has 1 aromatic heterocycles. The lowest BCUT2D eigenvalue weighted by atomic mass is 10.1. The van der Waals surface area contributed by atoms with Crippen LogP contribution in [0.3, 0.4) is 0 Å². The van der Waals surface area contributed by atoms with Crippen LogP contribution < -0.4 is 5.32 Å². The summed E-state index contributed by atoms with van der Waals surface area (Å²) in [5.41, 5.74) is 0. The Morgan fingerprint density at radius 2 is 2.22 bits per heavy atom. The predicted molar refractivity (Wildman–Crippen MR) is 63.4 cm³/mol. The van der Waals surface area contributed by atoms with E-state index in [1.54, 1.807) is 7.05 Å². The van der Waals surface area contributed by atoms with Crippen molar-refractivity contribution in [1.29, 1.82) is 0 Å². The smallest absolute Gasteiger partial charge is 0.226 e. The molecule has 100 valence electrons. The lowest BCUT2D eigenvalue weighted by Gasteiger charge is -2.17. The molecule has 0 aromatic carbocycles. The number of aromatic nitrogens is 3. The number of nitrogens with one attached hydrogen (secondary N) is 1. The highest BCUT2D eigenvalue weighted by Crippen LogP contribution is 2.29. The van der Waals surface area contributed by atoms with Crippen molar-refractivity contribution in [2.45, 2.75) is 24.5 Å². The molecule has 1 aromatic rings. The molecule has 2 unspecified atom stereocenters. The number of hydrogen-bond acceptors (Lipinski definition) is 8. The van der Waals surface area contributed by atoms with Crippen LogP contribution in [0.1, 0.15) is 6.23 Å². The van der Waals surface area contributed by atoms with E-state index in [1.165, 1.54) is 10.9 Å². The fourth-order valence-corrected chi connectivity index (χ4v) is 1.99. The Balaban J connectivity index is 2.30. The van der Waals surface area contributed by atoms with E-state index < -0.39 is 31.1 Å². The summed E-state index contributed by atoms with van der Waals surface area (Å²) < 4.78 is 6.81. The van der Waals surface area contributed by atoms with Crippen LogP contribution in [0.4, 0.5) is 5.95 Å². The first-order valence-electron chi connectivity index (χ1n) is 5.34. The van der Waals surface area contributed by atoms with E-state index in [-0.39, 0.29) is 4.77 Å². The molecule has 0 amide bonds. The maximum atomic E-state index is 9.84. The van der Waals surface area contributed by atoms with Gasteiger partial charge in [-0.3, -0.25) is 4.57 Å². The van der Waals surface area contributed by atoms with E-state index in [9.17, 15) is 10.2 Å². The van der Waals surface area contributed by atoms with Gasteiger partial charge in [0.25, 0.3) is 0 Å². The van der Waals surface area contributed by atoms with Crippen molar-refractivity contribution in [3.05, 3.63) is 11.1 Å². The topological polar surface area (TPSA) is 113 Å². The van der Waals surface area contributed by atoms with E-state index >= 15 is 0 Å². The Hall–Kier alpha value is -1.13. The summed E-state index contributed by atoms with van der Waals surface area (Å²) in [5, 5.41) is 31.2. The summed E-state index contributed by atoms with van der Waals surface area (Å²) >= 11 is 5.05. The standard InChI is InChI=1S/C9H14N4O4S/c1-10-8-11-3-13(9(18)12-8)7-6(16)5(15)4(2-14)17-7/h3-7,14-16H,2H2,1H3,(H,10,12,18)/t4-,5?,6?,7-/m1/s1. The molecule has 0 aliphatic carbocycles. The summed E-state index contributed by atoms with van der Waals surface area (Å²) in [6.45, 7) is -0.391. The number of aliphatic hydroxyl groups is 3. The highest BCUT2D eigenvalue weighted by molar-refractivity contribution is 7.71. The molecule has 1 aliphatic rings. The molecule has 0 radical (unpaired) electrons. The third-order valence-electron chi connectivity index (χ3n) is 2.74. The number of rotatable bonds is 3. The summed E-state index contributed by atoms with van der Waals surface area (Å²) in [5.74, 6) is 0.350. The highest BCUT2D eigenvalue weighted by Gasteiger charge is 2.43. The second-order valence-electron chi connectivity index (χ2n) is 3.85. The third-order valence-corrected chi connectivity index (χ3v) is 3.04. The second-order valence-corrected chi connectivity index (χ2v) is 4.21. The van der Waals surface area contributed by atoms with Gasteiger partial charge in [0.2, 0.25) is 10.7 Å². The van der Waals surface area contributed by atoms with Gasteiger partial charge in [0, 0.05) is 7.05 Å². The van der Waals surface area contributed by atoms with Crippen LogP contribution in [0.15, 0.2) is 6.33 Å². The Bertz CT molecular complexity index is 482. The van der Waals surface area contributed by atoms with E-state index in [1.807, 2.05) is 0 Å². The van der Waals surface area contributed by atoms with Crippen LogP contribution in [0.25, 0.3) is 0 Å². The quantitative estimate of drug-likeness (QED) is 0.501. The fourth-order valence-electron chi connectivity index (χ4n) is 1.75. The summed E-state index contributed by atoms with van der Waals surface area (Å²) in [6, 6.07) is 0. The van der Waals surface area contributed by atoms with Crippen LogP contribution in [-0.2, 0) is 4.74 Å². The van der Waals surface area contributed by atoms with Crippen LogP contribution >= 0.6 is 12.2 Å². The molecule has 2 rings (SSSR count). The third kappa shape index (κ3) is 2.22. The molecule has 8 nitrogen and oxygen atoms in total. The monoisotopic (exact) mass is 274 g/mol. The summed E-state index contributed by atoms with van der Waals surface area (Å²) in [7, 11) is 1.65. The lowest BCUT2D eigenvalue weighted by Crippen LogP contribution is -2.33. The van der Waals surface area contributed by atoms with Gasteiger partial charge in [0.15, 0.2) is 6.23 Å². The van der Waals surface area contributed by atoms with E-state index in [2.05, 4.69) is 15.3 Å². The minimum absolute atomic E-state index is 0.157. The van der Waals surface area contributed by atoms with Crippen LogP contribution in [0.5, 0.6) is 0 Å². The van der Waals surface area contributed by atoms with E-state index in [4.69, 9.17) is 22.1 Å². The molecule has 18 heavy (non-hydrogen) atoms. The molecular formula is C9H14N4O4S. The minimum Gasteiger partial charge on any atom is -0.394 e. The van der Waals surface area contributed by atoms with Gasteiger partial charge >= 0.3 is 0 Å². The Labute approximate surface area is 108 Å². The molecule has 0 saturated carbocycles. The number of ether oxygens (including phenoxy) is 1. The normalized spacial score (nSPS) is 31.6. The number of anilines is 1. The number of nitrogens with zero attached hydrogens (tertiary/aromatic N) is 3. The van der Waals surface area contributed by atoms with Crippen molar-refractivity contribution in [1.82, 2.24) is 14.5 Å². The number of aliphatic hydroxyl groups excluding tert-OH is 3. The Kier molecular flexibility index (Phi) is 3.88. The van der Waals surface area contributed by atoms with Gasteiger partial charge in [0.1, 0.15) is 24.6 Å². The van der Waals surface area contributed by atoms with Crippen molar-refractivity contribution < 1.29 is 20.1 Å². The maximum absolute atomic E-state index is 9.84. The molecule has 4 N–H and O–H groups in total. The average molecular weight is 274 g/mol. The SMILES string of the molecule is CNc1ncn([C@@H]2O[C@H](CO)C(O)C2O)c(=S)n1. The molecule has 1 fully saturated rings. The minimum atomic E-state index is -1.20. The zero-order valence-corrected chi connectivity index (χ0v) is 10.4. The zero-order chi connectivity index (χ0) is 13.3. The maximum Gasteiger partial charge on any atom is 0.226 e. The first kappa shape index (κ1) is 13.3. The van der Waals surface area contributed by atoms with E-state index in [0.29, 0.717) is 5.95 Å². The summed E-state index contributed by atoms with van der Waals surface area (Å²) in [4.78, 5) is 7.92. The van der Waals surface area contributed by atoms with Gasteiger partial charge in [0.05, 0.1) is 6.61 Å². The van der Waals surface area contributed by atoms with Gasteiger partial charge in [-0.05, 0) is 12.2 Å². The summed E-state index contributed by atoms with van der Waals surface area (Å²) in [6.07, 6.45) is -2.77. The molecule has 9 heteroatoms. The van der Waals surface area contributed by atoms with Gasteiger partial charge in [-0.25, -0.2) is 4.98 Å². The highest BCUT2D eigenvalue weighted by atomic mass is 32.1. The zero-order valence-electron chi connectivity index (χ0n) is 9.59. The van der Waals surface area contributed by atoms with Crippen LogP contribution in [-0.4, -0.2) is 61.8 Å². The Morgan fingerprint density at radius 3 is 2.72 bits per heavy atom.